The van der Waals surface area contributed by atoms with E-state index in [9.17, 15) is 9.59 Å². The van der Waals surface area contributed by atoms with Gasteiger partial charge in [0.1, 0.15) is 0 Å². The number of likely N-dealkylation sites (tertiary alicyclic amines) is 1. The van der Waals surface area contributed by atoms with Crippen molar-refractivity contribution < 1.29 is 19.1 Å². The number of alkyl carbamates (subject to hydrolysis) is 1. The maximum absolute atomic E-state index is 11.5. The lowest BCUT2D eigenvalue weighted by Crippen LogP contribution is -2.51. The Kier molecular flexibility index (Phi) is 5.23. The van der Waals surface area contributed by atoms with Gasteiger partial charge in [-0.05, 0) is 31.1 Å². The minimum Gasteiger partial charge on any atom is -0.469 e. The van der Waals surface area contributed by atoms with Crippen molar-refractivity contribution in [2.45, 2.75) is 31.7 Å². The molecule has 1 saturated heterocycles. The number of hydrogen-bond donors (Lipinski definition) is 1. The molecule has 1 aliphatic carbocycles. The van der Waals surface area contributed by atoms with E-state index in [0.717, 1.165) is 32.0 Å². The van der Waals surface area contributed by atoms with Gasteiger partial charge in [-0.25, -0.2) is 4.79 Å². The molecule has 2 rings (SSSR count). The van der Waals surface area contributed by atoms with Crippen LogP contribution >= 0.6 is 0 Å². The summed E-state index contributed by atoms with van der Waals surface area (Å²) in [5, 5.41) is 2.86. The lowest BCUT2D eigenvalue weighted by atomic mass is 9.91. The van der Waals surface area contributed by atoms with E-state index in [4.69, 9.17) is 4.74 Å². The molecule has 1 aliphatic heterocycles. The second kappa shape index (κ2) is 6.92. The molecule has 114 valence electrons. The number of piperidine rings is 1. The third-order valence-electron chi connectivity index (χ3n) is 4.02. The normalized spacial score (nSPS) is 26.9. The van der Waals surface area contributed by atoms with Gasteiger partial charge in [0.15, 0.2) is 0 Å². The van der Waals surface area contributed by atoms with Crippen molar-refractivity contribution in [1.82, 2.24) is 10.2 Å². The highest BCUT2D eigenvalue weighted by Gasteiger charge is 2.33. The van der Waals surface area contributed by atoms with Gasteiger partial charge in [0.2, 0.25) is 0 Å². The van der Waals surface area contributed by atoms with Gasteiger partial charge in [0.05, 0.1) is 14.2 Å². The molecule has 20 heavy (non-hydrogen) atoms. The van der Waals surface area contributed by atoms with E-state index in [1.807, 2.05) is 0 Å². The average Bonchev–Trinajstić information content (AvgIpc) is 3.22. The topological polar surface area (TPSA) is 67.9 Å². The van der Waals surface area contributed by atoms with Gasteiger partial charge in [-0.15, -0.1) is 0 Å². The molecule has 2 unspecified atom stereocenters. The Bertz CT molecular complexity index is 331. The van der Waals surface area contributed by atoms with Crippen LogP contribution in [-0.2, 0) is 14.3 Å². The molecule has 0 aromatic carbocycles. The number of methoxy groups -OCH3 is 2. The Balaban J connectivity index is 1.89. The number of nitrogens with zero attached hydrogens (tertiary/aromatic N) is 1. The molecule has 2 aliphatic rings. The zero-order valence-corrected chi connectivity index (χ0v) is 12.3. The Labute approximate surface area is 119 Å². The third-order valence-corrected chi connectivity index (χ3v) is 4.02. The van der Waals surface area contributed by atoms with Crippen molar-refractivity contribution >= 4 is 12.1 Å². The van der Waals surface area contributed by atoms with Crippen LogP contribution in [0.2, 0.25) is 0 Å². The largest absolute Gasteiger partial charge is 0.469 e. The van der Waals surface area contributed by atoms with Crippen LogP contribution in [0, 0.1) is 11.8 Å². The highest BCUT2D eigenvalue weighted by Crippen LogP contribution is 2.31. The maximum Gasteiger partial charge on any atom is 0.407 e. The maximum atomic E-state index is 11.5. The van der Waals surface area contributed by atoms with E-state index in [1.165, 1.54) is 27.1 Å². The fourth-order valence-electron chi connectivity index (χ4n) is 2.91. The number of amides is 1. The first kappa shape index (κ1) is 15.1. The minimum absolute atomic E-state index is 0.0459. The molecular formula is C14H24N2O4. The van der Waals surface area contributed by atoms with Crippen LogP contribution < -0.4 is 5.32 Å². The van der Waals surface area contributed by atoms with Crippen molar-refractivity contribution in [3.05, 3.63) is 0 Å². The van der Waals surface area contributed by atoms with Crippen LogP contribution in [0.3, 0.4) is 0 Å². The third kappa shape index (κ3) is 4.67. The molecule has 1 heterocycles. The summed E-state index contributed by atoms with van der Waals surface area (Å²) in [4.78, 5) is 25.2. The second-order valence-corrected chi connectivity index (χ2v) is 5.88. The minimum atomic E-state index is -0.403. The predicted octanol–water partition coefficient (Wildman–Crippen LogP) is 1.01. The first-order chi connectivity index (χ1) is 9.60. The molecule has 1 saturated carbocycles. The number of nitrogens with one attached hydrogen (secondary N) is 1. The summed E-state index contributed by atoms with van der Waals surface area (Å²) in [6.07, 6.45) is 3.41. The molecule has 2 atom stereocenters. The Morgan fingerprint density at radius 1 is 1.15 bits per heavy atom. The van der Waals surface area contributed by atoms with Gasteiger partial charge in [0, 0.05) is 32.1 Å². The quantitative estimate of drug-likeness (QED) is 0.763. The van der Waals surface area contributed by atoms with Crippen molar-refractivity contribution in [3.8, 4) is 0 Å². The standard InChI is InChI=1S/C14H24N2O4/c1-19-13(17)6-11-5-12(15-14(18)20-2)9-16(8-11)7-10-3-4-10/h10-12H,3-9H2,1-2H3,(H,15,18). The highest BCUT2D eigenvalue weighted by molar-refractivity contribution is 5.69. The summed E-state index contributed by atoms with van der Waals surface area (Å²) in [7, 11) is 2.78. The molecule has 0 aromatic heterocycles. The van der Waals surface area contributed by atoms with Crippen molar-refractivity contribution in [2.24, 2.45) is 11.8 Å². The molecule has 1 amide bonds. The van der Waals surface area contributed by atoms with Gasteiger partial charge >= 0.3 is 12.1 Å². The molecule has 2 fully saturated rings. The molecule has 0 bridgehead atoms. The van der Waals surface area contributed by atoms with Crippen LogP contribution in [0.25, 0.3) is 0 Å². The van der Waals surface area contributed by atoms with E-state index in [-0.39, 0.29) is 17.9 Å². The second-order valence-electron chi connectivity index (χ2n) is 5.88. The number of carbonyl (C=O) groups is 2. The monoisotopic (exact) mass is 284 g/mol. The molecule has 6 nitrogen and oxygen atoms in total. The first-order valence-corrected chi connectivity index (χ1v) is 7.24. The van der Waals surface area contributed by atoms with E-state index in [2.05, 4.69) is 15.0 Å². The van der Waals surface area contributed by atoms with E-state index < -0.39 is 6.09 Å². The highest BCUT2D eigenvalue weighted by atomic mass is 16.5. The van der Waals surface area contributed by atoms with E-state index >= 15 is 0 Å². The summed E-state index contributed by atoms with van der Waals surface area (Å²) in [5.74, 6) is 0.850. The number of hydrogen-bond acceptors (Lipinski definition) is 5. The molecular weight excluding hydrogens is 260 g/mol. The van der Waals surface area contributed by atoms with Crippen LogP contribution in [-0.4, -0.2) is 56.9 Å². The van der Waals surface area contributed by atoms with E-state index in [0.29, 0.717) is 6.42 Å². The summed E-state index contributed by atoms with van der Waals surface area (Å²) >= 11 is 0. The van der Waals surface area contributed by atoms with Gasteiger partial charge in [-0.1, -0.05) is 0 Å². The Morgan fingerprint density at radius 3 is 2.50 bits per heavy atom. The predicted molar refractivity (Wildman–Crippen MR) is 73.2 cm³/mol. The zero-order valence-electron chi connectivity index (χ0n) is 12.3. The van der Waals surface area contributed by atoms with Crippen LogP contribution in [0.1, 0.15) is 25.7 Å². The molecule has 0 aromatic rings. The zero-order chi connectivity index (χ0) is 14.5. The smallest absolute Gasteiger partial charge is 0.407 e. The van der Waals surface area contributed by atoms with Crippen molar-refractivity contribution in [3.63, 3.8) is 0 Å². The van der Waals surface area contributed by atoms with Crippen LogP contribution in [0.15, 0.2) is 0 Å². The number of ether oxygens (including phenoxy) is 2. The van der Waals surface area contributed by atoms with Gasteiger partial charge in [-0.3, -0.25) is 4.79 Å². The van der Waals surface area contributed by atoms with Gasteiger partial charge in [0.25, 0.3) is 0 Å². The van der Waals surface area contributed by atoms with Gasteiger partial charge < -0.3 is 19.7 Å². The molecule has 0 spiro atoms. The SMILES string of the molecule is COC(=O)CC1CC(NC(=O)OC)CN(CC2CC2)C1. The summed E-state index contributed by atoms with van der Waals surface area (Å²) in [6.45, 7) is 2.81. The molecule has 1 N–H and O–H groups in total. The Hall–Kier alpha value is -1.30. The van der Waals surface area contributed by atoms with Crippen LogP contribution in [0.5, 0.6) is 0 Å². The first-order valence-electron chi connectivity index (χ1n) is 7.24. The summed E-state index contributed by atoms with van der Waals surface area (Å²) in [6, 6.07) is 0.0459. The fourth-order valence-corrected chi connectivity index (χ4v) is 2.91. The summed E-state index contributed by atoms with van der Waals surface area (Å²) < 4.78 is 9.41. The average molecular weight is 284 g/mol. The number of rotatable bonds is 5. The molecule has 0 radical (unpaired) electrons. The lowest BCUT2D eigenvalue weighted by molar-refractivity contribution is -0.142. The lowest BCUT2D eigenvalue weighted by Gasteiger charge is -2.37. The molecule has 6 heteroatoms. The van der Waals surface area contributed by atoms with Crippen molar-refractivity contribution in [2.75, 3.05) is 33.9 Å². The Morgan fingerprint density at radius 2 is 1.90 bits per heavy atom. The van der Waals surface area contributed by atoms with Crippen molar-refractivity contribution in [1.29, 1.82) is 0 Å². The van der Waals surface area contributed by atoms with Crippen LogP contribution in [0.4, 0.5) is 4.79 Å². The number of carbonyl (C=O) groups excluding carboxylic acids is 2. The number of esters is 1. The fraction of sp³-hybridized carbons (Fsp3) is 0.857. The summed E-state index contributed by atoms with van der Waals surface area (Å²) in [5.41, 5.74) is 0. The van der Waals surface area contributed by atoms with E-state index in [1.54, 1.807) is 0 Å². The van der Waals surface area contributed by atoms with Gasteiger partial charge in [-0.2, -0.15) is 0 Å².